The van der Waals surface area contributed by atoms with Crippen molar-refractivity contribution < 1.29 is 0 Å². The molecule has 0 fully saturated rings. The summed E-state index contributed by atoms with van der Waals surface area (Å²) < 4.78 is 0. The molecule has 0 aliphatic heterocycles. The fraction of sp³-hybridized carbons (Fsp3) is 0. The van der Waals surface area contributed by atoms with Gasteiger partial charge in [0.15, 0.2) is 0 Å². The molecule has 0 unspecified atom stereocenters. The quantitative estimate of drug-likeness (QED) is 0.761. The molecular formula is C17H13N. The second-order valence-corrected chi connectivity index (χ2v) is 4.13. The van der Waals surface area contributed by atoms with E-state index in [-0.39, 0.29) is 0 Å². The molecule has 1 aliphatic rings. The molecule has 0 spiro atoms. The number of hydrogen-bond donors (Lipinski definition) is 0. The number of aromatic nitrogens is 1. The van der Waals surface area contributed by atoms with Crippen LogP contribution in [0.2, 0.25) is 0 Å². The Morgan fingerprint density at radius 1 is 0.778 bits per heavy atom. The fourth-order valence-electron chi connectivity index (χ4n) is 2.12. The maximum absolute atomic E-state index is 4.47. The topological polar surface area (TPSA) is 12.9 Å². The Morgan fingerprint density at radius 3 is 2.17 bits per heavy atom. The minimum absolute atomic E-state index is 1.01. The van der Waals surface area contributed by atoms with E-state index < -0.39 is 0 Å². The van der Waals surface area contributed by atoms with E-state index in [9.17, 15) is 0 Å². The number of allylic oxidation sites excluding steroid dienone is 5. The maximum Gasteiger partial charge on any atom is 0.0714 e. The van der Waals surface area contributed by atoms with Gasteiger partial charge in [0.1, 0.15) is 0 Å². The van der Waals surface area contributed by atoms with Crippen LogP contribution in [0.1, 0.15) is 11.3 Å². The van der Waals surface area contributed by atoms with Gasteiger partial charge in [-0.25, -0.2) is 0 Å². The first-order valence-electron chi connectivity index (χ1n) is 6.01. The standard InChI is InChI=1S/C17H13N/c1-2-8-14(9-3-1)17(15-10-4-5-11-15)16-12-6-7-13-18-16/h1-13H. The summed E-state index contributed by atoms with van der Waals surface area (Å²) in [5.74, 6) is 0. The summed E-state index contributed by atoms with van der Waals surface area (Å²) in [5, 5.41) is 0. The number of rotatable bonds is 2. The molecule has 1 nitrogen and oxygen atoms in total. The third-order valence-electron chi connectivity index (χ3n) is 2.93. The predicted molar refractivity (Wildman–Crippen MR) is 75.0 cm³/mol. The summed E-state index contributed by atoms with van der Waals surface area (Å²) in [6.45, 7) is 0. The number of benzene rings is 1. The molecule has 0 bridgehead atoms. The van der Waals surface area contributed by atoms with Crippen LogP contribution in [0.4, 0.5) is 0 Å². The zero-order chi connectivity index (χ0) is 12.2. The minimum atomic E-state index is 1.01. The maximum atomic E-state index is 4.47. The van der Waals surface area contributed by atoms with Crippen molar-refractivity contribution in [3.63, 3.8) is 0 Å². The lowest BCUT2D eigenvalue weighted by Crippen LogP contribution is -1.93. The lowest BCUT2D eigenvalue weighted by molar-refractivity contribution is 1.27. The predicted octanol–water partition coefficient (Wildman–Crippen LogP) is 4.01. The van der Waals surface area contributed by atoms with Crippen LogP contribution in [-0.2, 0) is 0 Å². The van der Waals surface area contributed by atoms with Crippen LogP contribution in [0.3, 0.4) is 0 Å². The van der Waals surface area contributed by atoms with E-state index in [0.717, 1.165) is 5.69 Å². The summed E-state index contributed by atoms with van der Waals surface area (Å²) in [6.07, 6.45) is 10.2. The van der Waals surface area contributed by atoms with Crippen molar-refractivity contribution in [2.24, 2.45) is 0 Å². The van der Waals surface area contributed by atoms with Gasteiger partial charge >= 0.3 is 0 Å². The van der Waals surface area contributed by atoms with Crippen LogP contribution in [0.15, 0.2) is 84.6 Å². The molecule has 3 rings (SSSR count). The molecule has 0 radical (unpaired) electrons. The first-order chi connectivity index (χ1) is 8.95. The van der Waals surface area contributed by atoms with E-state index in [4.69, 9.17) is 0 Å². The number of pyridine rings is 1. The number of nitrogens with zero attached hydrogens (tertiary/aromatic N) is 1. The first-order valence-corrected chi connectivity index (χ1v) is 6.01. The van der Waals surface area contributed by atoms with Gasteiger partial charge in [0.25, 0.3) is 0 Å². The molecule has 1 aromatic heterocycles. The van der Waals surface area contributed by atoms with Crippen LogP contribution < -0.4 is 0 Å². The monoisotopic (exact) mass is 231 g/mol. The Balaban J connectivity index is 2.21. The van der Waals surface area contributed by atoms with Gasteiger partial charge in [0.05, 0.1) is 5.69 Å². The smallest absolute Gasteiger partial charge is 0.0714 e. The second-order valence-electron chi connectivity index (χ2n) is 4.13. The highest BCUT2D eigenvalue weighted by Gasteiger charge is 2.10. The molecule has 0 saturated heterocycles. The van der Waals surface area contributed by atoms with Crippen LogP contribution in [-0.4, -0.2) is 4.98 Å². The minimum Gasteiger partial charge on any atom is -0.256 e. The summed E-state index contributed by atoms with van der Waals surface area (Å²) in [7, 11) is 0. The highest BCUT2D eigenvalue weighted by Crippen LogP contribution is 2.28. The van der Waals surface area contributed by atoms with Crippen molar-refractivity contribution in [2.45, 2.75) is 0 Å². The Hall–Kier alpha value is -2.41. The summed E-state index contributed by atoms with van der Waals surface area (Å²) in [4.78, 5) is 4.47. The molecule has 2 aromatic rings. The largest absolute Gasteiger partial charge is 0.256 e. The Labute approximate surface area is 107 Å². The molecule has 1 aromatic carbocycles. The first kappa shape index (κ1) is 10.7. The van der Waals surface area contributed by atoms with Gasteiger partial charge in [0.2, 0.25) is 0 Å². The average Bonchev–Trinajstić information content (AvgIpc) is 2.95. The lowest BCUT2D eigenvalue weighted by Gasteiger charge is -2.09. The van der Waals surface area contributed by atoms with Crippen molar-refractivity contribution in [3.05, 3.63) is 95.9 Å². The van der Waals surface area contributed by atoms with Crippen molar-refractivity contribution in [2.75, 3.05) is 0 Å². The van der Waals surface area contributed by atoms with Crippen molar-refractivity contribution in [1.29, 1.82) is 0 Å². The Morgan fingerprint density at radius 2 is 1.50 bits per heavy atom. The Bertz CT molecular complexity index is 564. The van der Waals surface area contributed by atoms with Gasteiger partial charge in [-0.15, -0.1) is 0 Å². The van der Waals surface area contributed by atoms with E-state index >= 15 is 0 Å². The van der Waals surface area contributed by atoms with E-state index in [0.29, 0.717) is 0 Å². The van der Waals surface area contributed by atoms with Crippen molar-refractivity contribution >= 4 is 5.57 Å². The Kier molecular flexibility index (Phi) is 2.89. The second kappa shape index (κ2) is 4.84. The van der Waals surface area contributed by atoms with Crippen LogP contribution in [0.5, 0.6) is 0 Å². The third-order valence-corrected chi connectivity index (χ3v) is 2.93. The molecule has 1 heteroatoms. The SMILES string of the molecule is C1=CC(=C(c2ccccc2)c2ccccn2)C=C1. The molecule has 86 valence electrons. The average molecular weight is 231 g/mol. The van der Waals surface area contributed by atoms with E-state index in [1.807, 2.05) is 24.4 Å². The molecule has 0 saturated carbocycles. The summed E-state index contributed by atoms with van der Waals surface area (Å²) >= 11 is 0. The van der Waals surface area contributed by atoms with E-state index in [1.165, 1.54) is 16.7 Å². The van der Waals surface area contributed by atoms with Crippen LogP contribution >= 0.6 is 0 Å². The van der Waals surface area contributed by atoms with E-state index in [2.05, 4.69) is 59.6 Å². The normalized spacial score (nSPS) is 13.0. The van der Waals surface area contributed by atoms with Crippen molar-refractivity contribution in [3.8, 4) is 0 Å². The molecule has 0 amide bonds. The molecule has 0 atom stereocenters. The zero-order valence-corrected chi connectivity index (χ0v) is 9.95. The summed E-state index contributed by atoms with van der Waals surface area (Å²) in [6, 6.07) is 16.4. The van der Waals surface area contributed by atoms with Crippen LogP contribution in [0, 0.1) is 0 Å². The van der Waals surface area contributed by atoms with Crippen molar-refractivity contribution in [1.82, 2.24) is 4.98 Å². The number of hydrogen-bond acceptors (Lipinski definition) is 1. The summed E-state index contributed by atoms with van der Waals surface area (Å²) in [5.41, 5.74) is 4.60. The highest BCUT2D eigenvalue weighted by atomic mass is 14.7. The molecular weight excluding hydrogens is 218 g/mol. The fourth-order valence-corrected chi connectivity index (χ4v) is 2.12. The van der Waals surface area contributed by atoms with Gasteiger partial charge in [-0.05, 0) is 23.3 Å². The van der Waals surface area contributed by atoms with Gasteiger partial charge in [0, 0.05) is 11.8 Å². The third kappa shape index (κ3) is 2.03. The van der Waals surface area contributed by atoms with Gasteiger partial charge < -0.3 is 0 Å². The molecule has 18 heavy (non-hydrogen) atoms. The molecule has 1 heterocycles. The van der Waals surface area contributed by atoms with E-state index in [1.54, 1.807) is 0 Å². The van der Waals surface area contributed by atoms with Gasteiger partial charge in [-0.2, -0.15) is 0 Å². The van der Waals surface area contributed by atoms with Gasteiger partial charge in [-0.3, -0.25) is 4.98 Å². The van der Waals surface area contributed by atoms with Crippen LogP contribution in [0.25, 0.3) is 5.57 Å². The molecule has 1 aliphatic carbocycles. The van der Waals surface area contributed by atoms with Gasteiger partial charge in [-0.1, -0.05) is 60.7 Å². The lowest BCUT2D eigenvalue weighted by atomic mass is 9.97. The highest BCUT2D eigenvalue weighted by molar-refractivity contribution is 5.84. The zero-order valence-electron chi connectivity index (χ0n) is 9.95. The molecule has 0 N–H and O–H groups in total.